The molecule has 1 amide bonds. The second kappa shape index (κ2) is 9.32. The highest BCUT2D eigenvalue weighted by molar-refractivity contribution is 6.32. The van der Waals surface area contributed by atoms with Crippen LogP contribution in [0, 0.1) is 11.3 Å². The number of amides is 1. The van der Waals surface area contributed by atoms with E-state index in [-0.39, 0.29) is 19.1 Å². The number of hydrogen-bond donors (Lipinski definition) is 2. The molecule has 0 aliphatic carbocycles. The van der Waals surface area contributed by atoms with Gasteiger partial charge in [-0.25, -0.2) is 0 Å². The number of nitrogens with zero attached hydrogens (tertiary/aromatic N) is 2. The van der Waals surface area contributed by atoms with E-state index in [2.05, 4.69) is 5.32 Å². The number of anilines is 1. The van der Waals surface area contributed by atoms with Gasteiger partial charge in [-0.05, 0) is 18.2 Å². The topological polar surface area (TPSA) is 85.6 Å². The van der Waals surface area contributed by atoms with Gasteiger partial charge in [0.2, 0.25) is 5.91 Å². The summed E-state index contributed by atoms with van der Waals surface area (Å²) in [7, 11) is 1.58. The number of halogens is 1. The van der Waals surface area contributed by atoms with Crippen LogP contribution >= 0.6 is 11.6 Å². The summed E-state index contributed by atoms with van der Waals surface area (Å²) in [5, 5.41) is 20.8. The van der Waals surface area contributed by atoms with Crippen LogP contribution in [0.15, 0.2) is 18.2 Å². The summed E-state index contributed by atoms with van der Waals surface area (Å²) in [6, 6.07) is 6.65. The number of nitriles is 1. The molecule has 0 aliphatic rings. The Kier molecular flexibility index (Phi) is 7.72. The first kappa shape index (κ1) is 17.4. The third-order valence-electron chi connectivity index (χ3n) is 2.77. The molecule has 0 bridgehead atoms. The number of carbonyl (C=O) groups is 1. The normalized spacial score (nSPS) is 10.4. The molecular formula is C14H18ClN3O3. The molecular weight excluding hydrogens is 294 g/mol. The zero-order chi connectivity index (χ0) is 15.7. The van der Waals surface area contributed by atoms with Crippen molar-refractivity contribution in [1.29, 1.82) is 5.26 Å². The lowest BCUT2D eigenvalue weighted by molar-refractivity contribution is -0.117. The number of methoxy groups -OCH3 is 1. The van der Waals surface area contributed by atoms with Crippen molar-refractivity contribution in [1.82, 2.24) is 4.90 Å². The van der Waals surface area contributed by atoms with Crippen LogP contribution in [0.2, 0.25) is 5.02 Å². The molecule has 0 saturated heterocycles. The number of rotatable bonds is 8. The number of benzene rings is 1. The number of nitrogens with one attached hydrogen (secondary N) is 1. The van der Waals surface area contributed by atoms with Crippen molar-refractivity contribution in [3.8, 4) is 6.07 Å². The Morgan fingerprint density at radius 2 is 2.29 bits per heavy atom. The molecule has 1 aromatic carbocycles. The van der Waals surface area contributed by atoms with Gasteiger partial charge in [-0.2, -0.15) is 5.26 Å². The van der Waals surface area contributed by atoms with E-state index in [4.69, 9.17) is 26.7 Å². The first-order chi connectivity index (χ1) is 10.1. The van der Waals surface area contributed by atoms with Crippen molar-refractivity contribution in [2.75, 3.05) is 45.3 Å². The Morgan fingerprint density at radius 3 is 2.86 bits per heavy atom. The fourth-order valence-electron chi connectivity index (χ4n) is 1.72. The Labute approximate surface area is 128 Å². The van der Waals surface area contributed by atoms with Crippen molar-refractivity contribution in [3.63, 3.8) is 0 Å². The van der Waals surface area contributed by atoms with Gasteiger partial charge in [-0.3, -0.25) is 9.69 Å². The van der Waals surface area contributed by atoms with E-state index in [9.17, 15) is 4.79 Å². The lowest BCUT2D eigenvalue weighted by Gasteiger charge is -2.20. The molecule has 0 radical (unpaired) electrons. The van der Waals surface area contributed by atoms with E-state index in [1.807, 2.05) is 6.07 Å². The molecule has 0 unspecified atom stereocenters. The Bertz CT molecular complexity index is 517. The molecule has 0 heterocycles. The van der Waals surface area contributed by atoms with Gasteiger partial charge >= 0.3 is 0 Å². The van der Waals surface area contributed by atoms with Crippen molar-refractivity contribution in [2.45, 2.75) is 0 Å². The zero-order valence-electron chi connectivity index (χ0n) is 11.8. The number of carbonyl (C=O) groups excluding carboxylic acids is 1. The van der Waals surface area contributed by atoms with Gasteiger partial charge in [0, 0.05) is 25.9 Å². The molecule has 0 saturated carbocycles. The predicted molar refractivity (Wildman–Crippen MR) is 80.2 cm³/mol. The first-order valence-corrected chi connectivity index (χ1v) is 6.80. The zero-order valence-corrected chi connectivity index (χ0v) is 12.6. The van der Waals surface area contributed by atoms with E-state index in [1.54, 1.807) is 24.1 Å². The second-order valence-corrected chi connectivity index (χ2v) is 4.75. The SMILES string of the molecule is COCCN(CCO)CC(=O)Nc1ccc(C#N)c(Cl)c1. The van der Waals surface area contributed by atoms with Crippen LogP contribution in [-0.4, -0.2) is 55.9 Å². The predicted octanol–water partition coefficient (Wildman–Crippen LogP) is 1.09. The molecule has 0 aliphatic heterocycles. The highest BCUT2D eigenvalue weighted by atomic mass is 35.5. The standard InChI is InChI=1S/C14H18ClN3O3/c1-21-7-5-18(4-6-19)10-14(20)17-12-3-2-11(9-16)13(15)8-12/h2-3,8,19H,4-7,10H2,1H3,(H,17,20). The number of hydrogen-bond acceptors (Lipinski definition) is 5. The minimum Gasteiger partial charge on any atom is -0.395 e. The maximum absolute atomic E-state index is 11.9. The number of aliphatic hydroxyl groups is 1. The maximum atomic E-state index is 11.9. The minimum absolute atomic E-state index is 0.0281. The summed E-state index contributed by atoms with van der Waals surface area (Å²) in [4.78, 5) is 13.7. The Hall–Kier alpha value is -1.65. The van der Waals surface area contributed by atoms with Gasteiger partial charge in [0.15, 0.2) is 0 Å². The molecule has 114 valence electrons. The van der Waals surface area contributed by atoms with Crippen LogP contribution in [-0.2, 0) is 9.53 Å². The highest BCUT2D eigenvalue weighted by Crippen LogP contribution is 2.20. The van der Waals surface area contributed by atoms with E-state index in [0.29, 0.717) is 36.0 Å². The van der Waals surface area contributed by atoms with E-state index >= 15 is 0 Å². The summed E-state index contributed by atoms with van der Waals surface area (Å²) < 4.78 is 4.96. The molecule has 1 aromatic rings. The number of ether oxygens (including phenoxy) is 1. The van der Waals surface area contributed by atoms with Gasteiger partial charge in [0.1, 0.15) is 6.07 Å². The minimum atomic E-state index is -0.222. The van der Waals surface area contributed by atoms with Gasteiger partial charge < -0.3 is 15.2 Å². The van der Waals surface area contributed by atoms with Gasteiger partial charge in [0.25, 0.3) is 0 Å². The summed E-state index contributed by atoms with van der Waals surface area (Å²) in [5.74, 6) is -0.222. The lowest BCUT2D eigenvalue weighted by Crippen LogP contribution is -2.37. The Balaban J connectivity index is 2.59. The molecule has 0 spiro atoms. The fourth-order valence-corrected chi connectivity index (χ4v) is 1.94. The van der Waals surface area contributed by atoms with Crippen LogP contribution in [0.25, 0.3) is 0 Å². The largest absolute Gasteiger partial charge is 0.395 e. The lowest BCUT2D eigenvalue weighted by atomic mass is 10.2. The second-order valence-electron chi connectivity index (χ2n) is 4.35. The van der Waals surface area contributed by atoms with E-state index in [0.717, 1.165) is 0 Å². The summed E-state index contributed by atoms with van der Waals surface area (Å²) in [6.45, 7) is 1.54. The summed E-state index contributed by atoms with van der Waals surface area (Å²) >= 11 is 5.90. The smallest absolute Gasteiger partial charge is 0.238 e. The molecule has 0 aromatic heterocycles. The molecule has 1 rings (SSSR count). The highest BCUT2D eigenvalue weighted by Gasteiger charge is 2.11. The maximum Gasteiger partial charge on any atom is 0.238 e. The van der Waals surface area contributed by atoms with Crippen molar-refractivity contribution < 1.29 is 14.6 Å². The average molecular weight is 312 g/mol. The van der Waals surface area contributed by atoms with Crippen LogP contribution in [0.3, 0.4) is 0 Å². The molecule has 21 heavy (non-hydrogen) atoms. The third kappa shape index (κ3) is 6.10. The van der Waals surface area contributed by atoms with Crippen LogP contribution in [0.4, 0.5) is 5.69 Å². The van der Waals surface area contributed by atoms with Gasteiger partial charge in [0.05, 0.1) is 30.3 Å². The van der Waals surface area contributed by atoms with Crippen molar-refractivity contribution in [3.05, 3.63) is 28.8 Å². The Morgan fingerprint density at radius 1 is 1.52 bits per heavy atom. The summed E-state index contributed by atoms with van der Waals surface area (Å²) in [6.07, 6.45) is 0. The van der Waals surface area contributed by atoms with E-state index < -0.39 is 0 Å². The van der Waals surface area contributed by atoms with Crippen LogP contribution in [0.1, 0.15) is 5.56 Å². The van der Waals surface area contributed by atoms with Crippen LogP contribution in [0.5, 0.6) is 0 Å². The molecule has 0 atom stereocenters. The van der Waals surface area contributed by atoms with Crippen molar-refractivity contribution >= 4 is 23.2 Å². The van der Waals surface area contributed by atoms with Gasteiger partial charge in [-0.15, -0.1) is 0 Å². The number of aliphatic hydroxyl groups excluding tert-OH is 1. The molecule has 7 heteroatoms. The van der Waals surface area contributed by atoms with Crippen LogP contribution < -0.4 is 5.32 Å². The van der Waals surface area contributed by atoms with Gasteiger partial charge in [-0.1, -0.05) is 11.6 Å². The summed E-state index contributed by atoms with van der Waals surface area (Å²) in [5.41, 5.74) is 0.886. The third-order valence-corrected chi connectivity index (χ3v) is 3.08. The van der Waals surface area contributed by atoms with E-state index in [1.165, 1.54) is 6.07 Å². The molecule has 0 fully saturated rings. The molecule has 2 N–H and O–H groups in total. The monoisotopic (exact) mass is 311 g/mol. The fraction of sp³-hybridized carbons (Fsp3) is 0.429. The molecule has 6 nitrogen and oxygen atoms in total. The first-order valence-electron chi connectivity index (χ1n) is 6.42. The van der Waals surface area contributed by atoms with Crippen molar-refractivity contribution in [2.24, 2.45) is 0 Å². The quantitative estimate of drug-likeness (QED) is 0.750. The average Bonchev–Trinajstić information content (AvgIpc) is 2.45.